The zero-order valence-electron chi connectivity index (χ0n) is 11.6. The van der Waals surface area contributed by atoms with E-state index in [0.29, 0.717) is 11.3 Å². The second-order valence-electron chi connectivity index (χ2n) is 4.47. The summed E-state index contributed by atoms with van der Waals surface area (Å²) >= 11 is 0. The van der Waals surface area contributed by atoms with Crippen LogP contribution in [0.1, 0.15) is 22.9 Å². The number of aryl methyl sites for hydroxylation is 2. The number of halogens is 1. The van der Waals surface area contributed by atoms with E-state index in [-0.39, 0.29) is 11.9 Å². The molecule has 5 heteroatoms. The van der Waals surface area contributed by atoms with Crippen LogP contribution in [0.2, 0.25) is 0 Å². The Morgan fingerprint density at radius 2 is 2.16 bits per heavy atom. The number of nitrogens with zero attached hydrogens (tertiary/aromatic N) is 2. The molecule has 19 heavy (non-hydrogen) atoms. The third kappa shape index (κ3) is 2.46. The minimum Gasteiger partial charge on any atom is -0.493 e. The summed E-state index contributed by atoms with van der Waals surface area (Å²) < 4.78 is 21.0. The van der Waals surface area contributed by atoms with Gasteiger partial charge in [0.1, 0.15) is 11.5 Å². The van der Waals surface area contributed by atoms with E-state index in [4.69, 9.17) is 4.74 Å². The molecule has 0 radical (unpaired) electrons. The van der Waals surface area contributed by atoms with Gasteiger partial charge >= 0.3 is 0 Å². The molecule has 4 nitrogen and oxygen atoms in total. The second kappa shape index (κ2) is 5.40. The third-order valence-electron chi connectivity index (χ3n) is 3.19. The molecule has 0 bridgehead atoms. The van der Waals surface area contributed by atoms with Gasteiger partial charge in [0.15, 0.2) is 5.75 Å². The second-order valence-corrected chi connectivity index (χ2v) is 4.47. The van der Waals surface area contributed by atoms with Crippen LogP contribution >= 0.6 is 0 Å². The van der Waals surface area contributed by atoms with Crippen LogP contribution in [0.25, 0.3) is 0 Å². The number of ether oxygens (including phenoxy) is 1. The molecule has 0 spiro atoms. The van der Waals surface area contributed by atoms with Crippen LogP contribution in [0.5, 0.6) is 5.75 Å². The quantitative estimate of drug-likeness (QED) is 0.919. The zero-order chi connectivity index (χ0) is 14.0. The molecule has 1 aromatic carbocycles. The molecule has 102 valence electrons. The molecule has 1 unspecified atom stereocenters. The lowest BCUT2D eigenvalue weighted by Gasteiger charge is -2.19. The van der Waals surface area contributed by atoms with Crippen molar-refractivity contribution in [2.24, 2.45) is 7.05 Å². The lowest BCUT2D eigenvalue weighted by atomic mass is 10.0. The van der Waals surface area contributed by atoms with Gasteiger partial charge in [0.2, 0.25) is 0 Å². The molecular weight excluding hydrogens is 245 g/mol. The first-order valence-corrected chi connectivity index (χ1v) is 6.07. The lowest BCUT2D eigenvalue weighted by molar-refractivity contribution is 0.401. The van der Waals surface area contributed by atoms with Crippen molar-refractivity contribution in [3.63, 3.8) is 0 Å². The van der Waals surface area contributed by atoms with Crippen molar-refractivity contribution in [3.8, 4) is 5.75 Å². The Morgan fingerprint density at radius 1 is 1.42 bits per heavy atom. The van der Waals surface area contributed by atoms with E-state index >= 15 is 0 Å². The van der Waals surface area contributed by atoms with Crippen LogP contribution in [-0.2, 0) is 7.05 Å². The van der Waals surface area contributed by atoms with Crippen molar-refractivity contribution in [1.82, 2.24) is 15.1 Å². The van der Waals surface area contributed by atoms with Crippen molar-refractivity contribution < 1.29 is 9.13 Å². The maximum atomic E-state index is 14.1. The number of methoxy groups -OCH3 is 1. The van der Waals surface area contributed by atoms with Crippen LogP contribution < -0.4 is 10.1 Å². The molecule has 0 saturated carbocycles. The highest BCUT2D eigenvalue weighted by atomic mass is 19.1. The van der Waals surface area contributed by atoms with E-state index in [9.17, 15) is 4.39 Å². The van der Waals surface area contributed by atoms with Gasteiger partial charge in [0.05, 0.1) is 19.3 Å². The predicted molar refractivity (Wildman–Crippen MR) is 71.8 cm³/mol. The van der Waals surface area contributed by atoms with Gasteiger partial charge in [0, 0.05) is 12.6 Å². The number of hydrogen-bond acceptors (Lipinski definition) is 3. The molecule has 1 N–H and O–H groups in total. The summed E-state index contributed by atoms with van der Waals surface area (Å²) in [4.78, 5) is 0. The predicted octanol–water partition coefficient (Wildman–Crippen LogP) is 2.19. The highest BCUT2D eigenvalue weighted by Crippen LogP contribution is 2.30. The Bertz CT molecular complexity index is 580. The standard InChI is InChI=1S/C14H18FN3O/c1-9-5-6-11(15)10(7-9)13(16-2)14-12(19-4)8-17-18(14)3/h5-8,13,16H,1-4H3. The first-order chi connectivity index (χ1) is 9.08. The topological polar surface area (TPSA) is 39.1 Å². The lowest BCUT2D eigenvalue weighted by Crippen LogP contribution is -2.22. The SMILES string of the molecule is CNC(c1cc(C)ccc1F)c1c(OC)cnn1C. The molecule has 1 heterocycles. The molecule has 0 fully saturated rings. The van der Waals surface area contributed by atoms with E-state index < -0.39 is 0 Å². The van der Waals surface area contributed by atoms with Gasteiger partial charge in [-0.25, -0.2) is 4.39 Å². The number of hydrogen-bond donors (Lipinski definition) is 1. The van der Waals surface area contributed by atoms with Crippen LogP contribution in [-0.4, -0.2) is 23.9 Å². The molecule has 0 saturated heterocycles. The molecule has 0 amide bonds. The molecule has 1 atom stereocenters. The summed E-state index contributed by atoms with van der Waals surface area (Å²) in [5.74, 6) is 0.399. The number of benzene rings is 1. The number of rotatable bonds is 4. The highest BCUT2D eigenvalue weighted by Gasteiger charge is 2.23. The maximum Gasteiger partial charge on any atom is 0.161 e. The molecule has 0 aliphatic rings. The molecular formula is C14H18FN3O. The van der Waals surface area contributed by atoms with Crippen molar-refractivity contribution >= 4 is 0 Å². The molecule has 2 aromatic rings. The fourth-order valence-electron chi connectivity index (χ4n) is 2.24. The summed E-state index contributed by atoms with van der Waals surface area (Å²) in [6.07, 6.45) is 1.63. The van der Waals surface area contributed by atoms with Crippen LogP contribution in [0.3, 0.4) is 0 Å². The number of aromatic nitrogens is 2. The van der Waals surface area contributed by atoms with Gasteiger partial charge in [0.25, 0.3) is 0 Å². The largest absolute Gasteiger partial charge is 0.493 e. The molecule has 2 rings (SSSR count). The Morgan fingerprint density at radius 3 is 2.79 bits per heavy atom. The minimum atomic E-state index is -0.303. The van der Waals surface area contributed by atoms with E-state index in [1.54, 1.807) is 31.1 Å². The van der Waals surface area contributed by atoms with Gasteiger partial charge in [-0.1, -0.05) is 17.7 Å². The molecule has 1 aromatic heterocycles. The fraction of sp³-hybridized carbons (Fsp3) is 0.357. The van der Waals surface area contributed by atoms with Gasteiger partial charge in [-0.3, -0.25) is 4.68 Å². The van der Waals surface area contributed by atoms with Gasteiger partial charge in [-0.15, -0.1) is 0 Å². The maximum absolute atomic E-state index is 14.1. The van der Waals surface area contributed by atoms with Crippen molar-refractivity contribution in [3.05, 3.63) is 47.0 Å². The van der Waals surface area contributed by atoms with Crippen molar-refractivity contribution in [2.45, 2.75) is 13.0 Å². The average Bonchev–Trinajstić information content (AvgIpc) is 2.76. The molecule has 0 aliphatic carbocycles. The van der Waals surface area contributed by atoms with E-state index in [0.717, 1.165) is 11.3 Å². The summed E-state index contributed by atoms with van der Waals surface area (Å²) in [7, 11) is 5.19. The summed E-state index contributed by atoms with van der Waals surface area (Å²) in [5, 5.41) is 7.29. The van der Waals surface area contributed by atoms with Crippen molar-refractivity contribution in [2.75, 3.05) is 14.2 Å². The van der Waals surface area contributed by atoms with Gasteiger partial charge in [-0.05, 0) is 20.0 Å². The minimum absolute atomic E-state index is 0.242. The Kier molecular flexibility index (Phi) is 3.85. The zero-order valence-corrected chi connectivity index (χ0v) is 11.6. The van der Waals surface area contributed by atoms with Gasteiger partial charge in [-0.2, -0.15) is 5.10 Å². The number of nitrogens with one attached hydrogen (secondary N) is 1. The van der Waals surface area contributed by atoms with Crippen LogP contribution in [0.15, 0.2) is 24.4 Å². The third-order valence-corrected chi connectivity index (χ3v) is 3.19. The van der Waals surface area contributed by atoms with Crippen LogP contribution in [0, 0.1) is 12.7 Å². The normalized spacial score (nSPS) is 12.5. The van der Waals surface area contributed by atoms with Crippen molar-refractivity contribution in [1.29, 1.82) is 0 Å². The Balaban J connectivity index is 2.56. The Hall–Kier alpha value is -1.88. The van der Waals surface area contributed by atoms with E-state index in [1.165, 1.54) is 6.07 Å². The van der Waals surface area contributed by atoms with Gasteiger partial charge < -0.3 is 10.1 Å². The summed E-state index contributed by atoms with van der Waals surface area (Å²) in [5.41, 5.74) is 2.40. The summed E-state index contributed by atoms with van der Waals surface area (Å²) in [6, 6.07) is 4.77. The van der Waals surface area contributed by atoms with Crippen LogP contribution in [0.4, 0.5) is 4.39 Å². The van der Waals surface area contributed by atoms with E-state index in [1.807, 2.05) is 20.0 Å². The highest BCUT2D eigenvalue weighted by molar-refractivity contribution is 5.38. The first-order valence-electron chi connectivity index (χ1n) is 6.07. The first kappa shape index (κ1) is 13.5. The fourth-order valence-corrected chi connectivity index (χ4v) is 2.24. The van der Waals surface area contributed by atoms with E-state index in [2.05, 4.69) is 10.4 Å². The molecule has 0 aliphatic heterocycles. The summed E-state index contributed by atoms with van der Waals surface area (Å²) in [6.45, 7) is 1.94. The average molecular weight is 263 g/mol. The Labute approximate surface area is 112 Å². The monoisotopic (exact) mass is 263 g/mol. The smallest absolute Gasteiger partial charge is 0.161 e.